The van der Waals surface area contributed by atoms with E-state index in [1.165, 1.54) is 0 Å². The first-order valence-electron chi connectivity index (χ1n) is 10.6. The quantitative estimate of drug-likeness (QED) is 0.239. The van der Waals surface area contributed by atoms with Crippen LogP contribution in [0.2, 0.25) is 5.02 Å². The van der Waals surface area contributed by atoms with Crippen molar-refractivity contribution in [3.05, 3.63) is 29.3 Å². The molecule has 1 N–H and O–H groups in total. The average molecular weight is 440 g/mol. The molecule has 1 aliphatic carbocycles. The van der Waals surface area contributed by atoms with Gasteiger partial charge in [-0.2, -0.15) is 0 Å². The van der Waals surface area contributed by atoms with Crippen LogP contribution in [0, 0.1) is 5.92 Å². The summed E-state index contributed by atoms with van der Waals surface area (Å²) in [5.41, 5.74) is 0. The van der Waals surface area contributed by atoms with Crippen molar-refractivity contribution in [3.8, 4) is 5.75 Å². The maximum atomic E-state index is 12.3. The summed E-state index contributed by atoms with van der Waals surface area (Å²) in [6, 6.07) is 6.49. The molecule has 1 aromatic rings. The molecule has 8 heteroatoms. The van der Waals surface area contributed by atoms with E-state index >= 15 is 0 Å². The topological polar surface area (TPSA) is 90.9 Å². The smallest absolute Gasteiger partial charge is 0.410 e. The Bertz CT molecular complexity index is 687. The second-order valence-electron chi connectivity index (χ2n) is 7.35. The number of nitrogens with one attached hydrogen (secondary N) is 1. The molecule has 1 fully saturated rings. The van der Waals surface area contributed by atoms with Crippen LogP contribution < -0.4 is 10.1 Å². The van der Waals surface area contributed by atoms with Gasteiger partial charge in [-0.15, -0.1) is 0 Å². The van der Waals surface area contributed by atoms with Gasteiger partial charge in [0.25, 0.3) is 0 Å². The summed E-state index contributed by atoms with van der Waals surface area (Å²) in [5.74, 6) is -0.376. The summed E-state index contributed by atoms with van der Waals surface area (Å²) in [7, 11) is 0. The van der Waals surface area contributed by atoms with Crippen LogP contribution in [0.15, 0.2) is 24.3 Å². The number of rotatable bonds is 10. The first kappa shape index (κ1) is 24.0. The van der Waals surface area contributed by atoms with E-state index in [1.54, 1.807) is 24.3 Å². The fraction of sp³-hybridized carbons (Fsp3) is 0.591. The third-order valence-electron chi connectivity index (χ3n) is 4.82. The molecule has 0 radical (unpaired) electrons. The normalized spacial score (nSPS) is 15.1. The van der Waals surface area contributed by atoms with Crippen LogP contribution in [0.25, 0.3) is 0 Å². The van der Waals surface area contributed by atoms with Crippen LogP contribution in [-0.4, -0.2) is 30.9 Å². The van der Waals surface area contributed by atoms with Crippen LogP contribution >= 0.6 is 11.6 Å². The third kappa shape index (κ3) is 9.03. The fourth-order valence-electron chi connectivity index (χ4n) is 3.21. The number of carbonyl (C=O) groups is 3. The fourth-order valence-corrected chi connectivity index (χ4v) is 3.34. The van der Waals surface area contributed by atoms with Crippen LogP contribution in [0.1, 0.15) is 64.7 Å². The van der Waals surface area contributed by atoms with Gasteiger partial charge < -0.3 is 19.5 Å². The number of amides is 1. The molecular formula is C22H30ClNO6. The molecular weight excluding hydrogens is 410 g/mol. The summed E-state index contributed by atoms with van der Waals surface area (Å²) in [4.78, 5) is 36.1. The molecule has 30 heavy (non-hydrogen) atoms. The van der Waals surface area contributed by atoms with Crippen molar-refractivity contribution in [2.75, 3.05) is 6.54 Å². The lowest BCUT2D eigenvalue weighted by atomic mass is 9.89. The molecule has 1 aliphatic rings. The van der Waals surface area contributed by atoms with Gasteiger partial charge in [0.1, 0.15) is 5.75 Å². The maximum absolute atomic E-state index is 12.3. The van der Waals surface area contributed by atoms with Gasteiger partial charge in [-0.05, 0) is 49.9 Å². The Morgan fingerprint density at radius 1 is 1.10 bits per heavy atom. The van der Waals surface area contributed by atoms with E-state index < -0.39 is 18.4 Å². The van der Waals surface area contributed by atoms with Gasteiger partial charge in [-0.25, -0.2) is 4.79 Å². The number of hydrogen-bond acceptors (Lipinski definition) is 6. The highest BCUT2D eigenvalue weighted by Gasteiger charge is 2.26. The number of hydrogen-bond donors (Lipinski definition) is 1. The number of benzene rings is 1. The van der Waals surface area contributed by atoms with E-state index in [0.29, 0.717) is 30.0 Å². The summed E-state index contributed by atoms with van der Waals surface area (Å²) in [6.45, 7) is 2.17. The Hall–Kier alpha value is -2.28. The van der Waals surface area contributed by atoms with Crippen molar-refractivity contribution in [3.63, 3.8) is 0 Å². The molecule has 0 aromatic heterocycles. The second-order valence-corrected chi connectivity index (χ2v) is 7.79. The van der Waals surface area contributed by atoms with Gasteiger partial charge in [0.15, 0.2) is 0 Å². The van der Waals surface area contributed by atoms with Crippen molar-refractivity contribution in [1.82, 2.24) is 5.32 Å². The van der Waals surface area contributed by atoms with Gasteiger partial charge in [0, 0.05) is 24.4 Å². The molecule has 0 saturated heterocycles. The molecule has 7 nitrogen and oxygen atoms in total. The number of ether oxygens (including phenoxy) is 3. The highest BCUT2D eigenvalue weighted by Crippen LogP contribution is 2.25. The zero-order valence-corrected chi connectivity index (χ0v) is 18.1. The zero-order chi connectivity index (χ0) is 21.8. The van der Waals surface area contributed by atoms with Gasteiger partial charge >= 0.3 is 18.0 Å². The Morgan fingerprint density at radius 2 is 1.80 bits per heavy atom. The van der Waals surface area contributed by atoms with E-state index in [0.717, 1.165) is 32.1 Å². The standard InChI is InChI=1S/C22H30ClNO6/c1-2-7-20(29-21(26)16-8-4-3-5-9-16)30-22(27)24-15-6-10-19(25)28-18-13-11-17(23)12-14-18/h11-14,16,20H,2-10,15H2,1H3,(H,24,27). The molecule has 1 unspecified atom stereocenters. The minimum absolute atomic E-state index is 0.101. The average Bonchev–Trinajstić information content (AvgIpc) is 2.73. The van der Waals surface area contributed by atoms with Crippen LogP contribution in [0.4, 0.5) is 4.79 Å². The maximum Gasteiger partial charge on any atom is 0.410 e. The summed E-state index contributed by atoms with van der Waals surface area (Å²) in [6.07, 6.45) is 4.99. The Morgan fingerprint density at radius 3 is 2.47 bits per heavy atom. The van der Waals surface area contributed by atoms with Crippen molar-refractivity contribution in [2.45, 2.75) is 71.0 Å². The van der Waals surface area contributed by atoms with Crippen molar-refractivity contribution in [2.24, 2.45) is 5.92 Å². The molecule has 1 saturated carbocycles. The van der Waals surface area contributed by atoms with E-state index in [1.807, 2.05) is 6.92 Å². The lowest BCUT2D eigenvalue weighted by molar-refractivity contribution is -0.174. The van der Waals surface area contributed by atoms with E-state index in [4.69, 9.17) is 25.8 Å². The van der Waals surface area contributed by atoms with Crippen LogP contribution in [-0.2, 0) is 19.1 Å². The second kappa shape index (κ2) is 13.1. The van der Waals surface area contributed by atoms with Crippen LogP contribution in [0.5, 0.6) is 5.75 Å². The third-order valence-corrected chi connectivity index (χ3v) is 5.07. The van der Waals surface area contributed by atoms with Gasteiger partial charge in [-0.3, -0.25) is 9.59 Å². The minimum Gasteiger partial charge on any atom is -0.427 e. The SMILES string of the molecule is CCCC(OC(=O)NCCCC(=O)Oc1ccc(Cl)cc1)OC(=O)C1CCCCC1. The summed E-state index contributed by atoms with van der Waals surface area (Å²) in [5, 5.41) is 3.13. The summed E-state index contributed by atoms with van der Waals surface area (Å²) >= 11 is 5.78. The number of alkyl carbamates (subject to hydrolysis) is 1. The van der Waals surface area contributed by atoms with Crippen molar-refractivity contribution >= 4 is 29.6 Å². The Labute approximate surface area is 182 Å². The molecule has 0 aliphatic heterocycles. The van der Waals surface area contributed by atoms with Gasteiger partial charge in [-0.1, -0.05) is 37.8 Å². The molecule has 1 atom stereocenters. The Balaban J connectivity index is 1.65. The first-order valence-corrected chi connectivity index (χ1v) is 11.0. The predicted molar refractivity (Wildman–Crippen MR) is 112 cm³/mol. The first-order chi connectivity index (χ1) is 14.5. The highest BCUT2D eigenvalue weighted by atomic mass is 35.5. The lowest BCUT2D eigenvalue weighted by Crippen LogP contribution is -2.34. The molecule has 166 valence electrons. The Kier molecular flexibility index (Phi) is 10.5. The van der Waals surface area contributed by atoms with Gasteiger partial charge in [0.2, 0.25) is 6.29 Å². The van der Waals surface area contributed by atoms with E-state index in [-0.39, 0.29) is 24.9 Å². The zero-order valence-electron chi connectivity index (χ0n) is 17.4. The number of halogens is 1. The highest BCUT2D eigenvalue weighted by molar-refractivity contribution is 6.30. The van der Waals surface area contributed by atoms with Crippen molar-refractivity contribution in [1.29, 1.82) is 0 Å². The van der Waals surface area contributed by atoms with Crippen molar-refractivity contribution < 1.29 is 28.6 Å². The molecule has 2 rings (SSSR count). The molecule has 0 bridgehead atoms. The molecule has 1 aromatic carbocycles. The largest absolute Gasteiger partial charge is 0.427 e. The number of carbonyl (C=O) groups excluding carboxylic acids is 3. The monoisotopic (exact) mass is 439 g/mol. The van der Waals surface area contributed by atoms with Gasteiger partial charge in [0.05, 0.1) is 5.92 Å². The lowest BCUT2D eigenvalue weighted by Gasteiger charge is -2.23. The van der Waals surface area contributed by atoms with E-state index in [9.17, 15) is 14.4 Å². The minimum atomic E-state index is -0.890. The van der Waals surface area contributed by atoms with Crippen LogP contribution in [0.3, 0.4) is 0 Å². The molecule has 1 amide bonds. The number of esters is 2. The molecule has 0 spiro atoms. The molecule has 0 heterocycles. The summed E-state index contributed by atoms with van der Waals surface area (Å²) < 4.78 is 15.8. The van der Waals surface area contributed by atoms with E-state index in [2.05, 4.69) is 5.32 Å². The predicted octanol–water partition coefficient (Wildman–Crippen LogP) is 5.00.